The molecule has 0 heterocycles. The molecule has 0 aliphatic rings. The van der Waals surface area contributed by atoms with Crippen LogP contribution in [-0.4, -0.2) is 132 Å². The molecular weight excluding hydrogens is 860 g/mol. The number of nitro groups is 2. The van der Waals surface area contributed by atoms with Gasteiger partial charge in [0.15, 0.2) is 0 Å². The predicted molar refractivity (Wildman–Crippen MR) is 224 cm³/mol. The van der Waals surface area contributed by atoms with E-state index in [9.17, 15) is 39.4 Å². The molecule has 0 N–H and O–H groups in total. The number of unbranched alkanes of at least 4 members (excludes halogenated alkanes) is 4. The van der Waals surface area contributed by atoms with E-state index in [-0.39, 0.29) is 87.9 Å². The number of halogens is 1. The largest absolute Gasteiger partial charge is 0.513 e. The first-order chi connectivity index (χ1) is 30.5. The Morgan fingerprint density at radius 3 is 1.24 bits per heavy atom. The molecule has 0 fully saturated rings. The van der Waals surface area contributed by atoms with Gasteiger partial charge in [0, 0.05) is 62.8 Å². The first-order valence-corrected chi connectivity index (χ1v) is 21.0. The molecule has 0 spiro atoms. The fraction of sp³-hybridized carbons (Fsp3) is 0.610. The van der Waals surface area contributed by atoms with Crippen molar-refractivity contribution < 1.29 is 81.1 Å². The third-order valence-corrected chi connectivity index (χ3v) is 7.85. The first kappa shape index (κ1) is 55.8. The van der Waals surface area contributed by atoms with E-state index in [1.165, 1.54) is 74.2 Å². The standard InChI is InChI=1S/C26H41NO11.C15H18ClNO8/c1-2-3-4-5-6-13-32-15-16-33-14-7-8-25(28)36-21-19-34-17-18-35-20-22-37-26(29)38-24-11-9-23(10-12-24)27(30)31;16-7-9-22-8-1-2-14(18)23-10-11-24-15(19)25-13-5-3-12(4-6-13)17(20)21/h9-12H,2-8,13-22H2,1H3;3-6H,1-2,7-11H2. The molecule has 0 amide bonds. The second kappa shape index (κ2) is 38.5. The minimum absolute atomic E-state index is 0.0285. The van der Waals surface area contributed by atoms with Crippen LogP contribution in [0.3, 0.4) is 0 Å². The second-order valence-electron chi connectivity index (χ2n) is 12.7. The lowest BCUT2D eigenvalue weighted by molar-refractivity contribution is -0.385. The highest BCUT2D eigenvalue weighted by Crippen LogP contribution is 2.19. The number of carbonyl (C=O) groups is 4. The number of nitrogens with zero attached hydrogens (tertiary/aromatic N) is 2. The molecule has 0 radical (unpaired) electrons. The number of rotatable bonds is 35. The number of carbonyl (C=O) groups excluding carboxylic acids is 4. The summed E-state index contributed by atoms with van der Waals surface area (Å²) in [6.07, 6.45) is 5.72. The first-order valence-electron chi connectivity index (χ1n) is 20.5. The van der Waals surface area contributed by atoms with Crippen LogP contribution < -0.4 is 9.47 Å². The van der Waals surface area contributed by atoms with E-state index in [2.05, 4.69) is 6.92 Å². The fourth-order valence-corrected chi connectivity index (χ4v) is 4.70. The summed E-state index contributed by atoms with van der Waals surface area (Å²) in [6, 6.07) is 9.97. The lowest BCUT2D eigenvalue weighted by atomic mass is 10.2. The molecule has 2 aromatic rings. The van der Waals surface area contributed by atoms with Crippen LogP contribution in [0.2, 0.25) is 0 Å². The molecule has 0 saturated carbocycles. The monoisotopic (exact) mass is 918 g/mol. The second-order valence-corrected chi connectivity index (χ2v) is 13.1. The molecule has 0 saturated heterocycles. The highest BCUT2D eigenvalue weighted by Gasteiger charge is 2.11. The van der Waals surface area contributed by atoms with Crippen molar-refractivity contribution in [2.45, 2.75) is 64.7 Å². The van der Waals surface area contributed by atoms with Crippen LogP contribution in [0.5, 0.6) is 11.5 Å². The molecule has 0 bridgehead atoms. The van der Waals surface area contributed by atoms with E-state index < -0.39 is 28.1 Å². The van der Waals surface area contributed by atoms with E-state index in [0.29, 0.717) is 58.4 Å². The normalized spacial score (nSPS) is 10.5. The van der Waals surface area contributed by atoms with Crippen molar-refractivity contribution in [2.24, 2.45) is 0 Å². The van der Waals surface area contributed by atoms with Crippen molar-refractivity contribution in [1.29, 1.82) is 0 Å². The maximum atomic E-state index is 11.7. The summed E-state index contributed by atoms with van der Waals surface area (Å²) in [4.78, 5) is 66.0. The predicted octanol–water partition coefficient (Wildman–Crippen LogP) is 7.16. The Labute approximate surface area is 371 Å². The maximum Gasteiger partial charge on any atom is 0.513 e. The fourth-order valence-electron chi connectivity index (χ4n) is 4.59. The zero-order valence-electron chi connectivity index (χ0n) is 35.6. The number of nitro benzene ring substituents is 2. The average molecular weight is 919 g/mol. The highest BCUT2D eigenvalue weighted by atomic mass is 35.5. The third-order valence-electron chi connectivity index (χ3n) is 7.70. The van der Waals surface area contributed by atoms with Gasteiger partial charge in [-0.05, 0) is 43.5 Å². The molecule has 354 valence electrons. The van der Waals surface area contributed by atoms with Gasteiger partial charge in [0.25, 0.3) is 11.4 Å². The molecule has 0 aliphatic heterocycles. The summed E-state index contributed by atoms with van der Waals surface area (Å²) in [5.41, 5.74) is -0.235. The van der Waals surface area contributed by atoms with Crippen LogP contribution in [0.25, 0.3) is 0 Å². The van der Waals surface area contributed by atoms with Gasteiger partial charge in [-0.15, -0.1) is 11.6 Å². The zero-order valence-corrected chi connectivity index (χ0v) is 36.4. The third kappa shape index (κ3) is 33.1. The lowest BCUT2D eigenvalue weighted by Gasteiger charge is -2.08. The molecule has 0 aromatic heterocycles. The molecule has 0 aliphatic carbocycles. The Morgan fingerprint density at radius 1 is 0.460 bits per heavy atom. The van der Waals surface area contributed by atoms with Crippen LogP contribution in [0.15, 0.2) is 48.5 Å². The van der Waals surface area contributed by atoms with Crippen LogP contribution in [-0.2, 0) is 52.2 Å². The summed E-state index contributed by atoms with van der Waals surface area (Å²) in [6.45, 7) is 6.22. The molecule has 21 nitrogen and oxygen atoms in total. The van der Waals surface area contributed by atoms with E-state index in [1.807, 2.05) is 0 Å². The summed E-state index contributed by atoms with van der Waals surface area (Å²) in [5.74, 6) is -0.0911. The van der Waals surface area contributed by atoms with Gasteiger partial charge < -0.3 is 52.1 Å². The van der Waals surface area contributed by atoms with Crippen LogP contribution in [0.4, 0.5) is 21.0 Å². The number of hydrogen-bond acceptors (Lipinski definition) is 19. The maximum absolute atomic E-state index is 11.7. The van der Waals surface area contributed by atoms with Crippen molar-refractivity contribution >= 4 is 47.2 Å². The molecule has 63 heavy (non-hydrogen) atoms. The van der Waals surface area contributed by atoms with Crippen molar-refractivity contribution in [3.8, 4) is 11.5 Å². The molecule has 0 unspecified atom stereocenters. The van der Waals surface area contributed by atoms with Crippen LogP contribution in [0, 0.1) is 20.2 Å². The number of non-ortho nitro benzene ring substituents is 2. The molecule has 2 aromatic carbocycles. The summed E-state index contributed by atoms with van der Waals surface area (Å²) in [5, 5.41) is 21.1. The van der Waals surface area contributed by atoms with E-state index in [0.717, 1.165) is 13.0 Å². The Bertz CT molecular complexity index is 1550. The van der Waals surface area contributed by atoms with Gasteiger partial charge in [-0.25, -0.2) is 9.59 Å². The minimum Gasteiger partial charge on any atom is -0.463 e. The summed E-state index contributed by atoms with van der Waals surface area (Å²) >= 11 is 5.43. The number of esters is 2. The van der Waals surface area contributed by atoms with Crippen LogP contribution in [0.1, 0.15) is 64.7 Å². The topological polar surface area (TPSA) is 256 Å². The van der Waals surface area contributed by atoms with Gasteiger partial charge in [0.1, 0.15) is 37.9 Å². The van der Waals surface area contributed by atoms with E-state index in [1.54, 1.807) is 0 Å². The van der Waals surface area contributed by atoms with Gasteiger partial charge in [-0.1, -0.05) is 32.6 Å². The van der Waals surface area contributed by atoms with Gasteiger partial charge in [-0.2, -0.15) is 0 Å². The Kier molecular flexibility index (Phi) is 34.1. The SMILES string of the molecule is CCCCCCCOCCOCCCC(=O)OCCOCCOCCOC(=O)Oc1ccc([N+](=O)[O-])cc1.O=C(CCCOCCCl)OCCOC(=O)Oc1ccc([N+](=O)[O-])cc1. The molecule has 2 rings (SSSR count). The summed E-state index contributed by atoms with van der Waals surface area (Å²) in [7, 11) is 0. The summed E-state index contributed by atoms with van der Waals surface area (Å²) < 4.78 is 55.9. The van der Waals surface area contributed by atoms with Gasteiger partial charge in [0.2, 0.25) is 0 Å². The zero-order chi connectivity index (χ0) is 46.2. The molecule has 0 atom stereocenters. The Morgan fingerprint density at radius 2 is 0.810 bits per heavy atom. The molecule has 22 heteroatoms. The van der Waals surface area contributed by atoms with Gasteiger partial charge in [-0.3, -0.25) is 29.8 Å². The average Bonchev–Trinajstić information content (AvgIpc) is 3.26. The number of ether oxygens (including phenoxy) is 11. The molecular formula is C41H59ClN2O19. The number of hydrogen-bond donors (Lipinski definition) is 0. The quantitative estimate of drug-likeness (QED) is 0.0126. The van der Waals surface area contributed by atoms with Gasteiger partial charge >= 0.3 is 24.2 Å². The van der Waals surface area contributed by atoms with Crippen molar-refractivity contribution in [1.82, 2.24) is 0 Å². The highest BCUT2D eigenvalue weighted by molar-refractivity contribution is 6.17. The van der Waals surface area contributed by atoms with Crippen LogP contribution >= 0.6 is 11.6 Å². The smallest absolute Gasteiger partial charge is 0.463 e. The van der Waals surface area contributed by atoms with Crippen molar-refractivity contribution in [3.63, 3.8) is 0 Å². The van der Waals surface area contributed by atoms with Gasteiger partial charge in [0.05, 0.1) is 56.1 Å². The lowest BCUT2D eigenvalue weighted by Crippen LogP contribution is -2.16. The Hall–Kier alpha value is -5.19. The minimum atomic E-state index is -1.00. The van der Waals surface area contributed by atoms with E-state index in [4.69, 9.17) is 63.7 Å². The Balaban J connectivity index is 0.000000686. The van der Waals surface area contributed by atoms with Crippen molar-refractivity contribution in [2.75, 3.05) is 98.4 Å². The number of alkyl halides is 1. The number of benzene rings is 2. The van der Waals surface area contributed by atoms with E-state index >= 15 is 0 Å². The van der Waals surface area contributed by atoms with Crippen molar-refractivity contribution in [3.05, 3.63) is 68.8 Å².